The Bertz CT molecular complexity index is 690. The first-order valence-corrected chi connectivity index (χ1v) is 8.60. The number of amides is 1. The fourth-order valence-electron chi connectivity index (χ4n) is 4.36. The van der Waals surface area contributed by atoms with E-state index in [1.54, 1.807) is 6.07 Å². The number of aryl methyl sites for hydroxylation is 1. The van der Waals surface area contributed by atoms with E-state index in [0.717, 1.165) is 22.9 Å². The van der Waals surface area contributed by atoms with Gasteiger partial charge in [0.05, 0.1) is 16.9 Å². The van der Waals surface area contributed by atoms with Gasteiger partial charge in [0.25, 0.3) is 0 Å². The standard InChI is InChI=1S/C16H15BrClNO3/c1-6-2-9(17)10(18)5-11(6)19-15(20)13-7-3-8-12(4-7)22-16(21)14(8)13/h2,5,7-8,12-14H,3-4H2,1H3,(H,19,20)/t7-,8+,12-,13-,14+/m1/s1. The molecule has 6 heteroatoms. The van der Waals surface area contributed by atoms with Crippen LogP contribution < -0.4 is 5.32 Å². The van der Waals surface area contributed by atoms with Crippen LogP contribution in [0.3, 0.4) is 0 Å². The van der Waals surface area contributed by atoms with Gasteiger partial charge in [-0.25, -0.2) is 0 Å². The molecule has 0 unspecified atom stereocenters. The maximum atomic E-state index is 12.7. The summed E-state index contributed by atoms with van der Waals surface area (Å²) in [6.45, 7) is 1.91. The van der Waals surface area contributed by atoms with Crippen molar-refractivity contribution in [1.29, 1.82) is 0 Å². The van der Waals surface area contributed by atoms with Gasteiger partial charge in [0.15, 0.2) is 0 Å². The number of hydrogen-bond donors (Lipinski definition) is 1. The van der Waals surface area contributed by atoms with Crippen molar-refractivity contribution < 1.29 is 14.3 Å². The zero-order valence-corrected chi connectivity index (χ0v) is 14.3. The Morgan fingerprint density at radius 3 is 2.95 bits per heavy atom. The number of rotatable bonds is 2. The van der Waals surface area contributed by atoms with Gasteiger partial charge in [-0.2, -0.15) is 0 Å². The van der Waals surface area contributed by atoms with Crippen molar-refractivity contribution in [2.75, 3.05) is 5.32 Å². The topological polar surface area (TPSA) is 55.4 Å². The Labute approximate surface area is 141 Å². The van der Waals surface area contributed by atoms with Crippen molar-refractivity contribution in [2.45, 2.75) is 25.9 Å². The number of carbonyl (C=O) groups is 2. The van der Waals surface area contributed by atoms with Crippen LogP contribution >= 0.6 is 27.5 Å². The van der Waals surface area contributed by atoms with Crippen molar-refractivity contribution in [3.8, 4) is 0 Å². The van der Waals surface area contributed by atoms with Crippen LogP contribution in [0.15, 0.2) is 16.6 Å². The largest absolute Gasteiger partial charge is 0.462 e. The predicted molar refractivity (Wildman–Crippen MR) is 85.6 cm³/mol. The molecule has 3 fully saturated rings. The highest BCUT2D eigenvalue weighted by Gasteiger charge is 2.63. The van der Waals surface area contributed by atoms with Crippen molar-refractivity contribution in [2.24, 2.45) is 23.7 Å². The first-order chi connectivity index (χ1) is 10.5. The molecule has 3 aliphatic rings. The van der Waals surface area contributed by atoms with E-state index in [1.807, 2.05) is 13.0 Å². The lowest BCUT2D eigenvalue weighted by Crippen LogP contribution is -2.36. The highest BCUT2D eigenvalue weighted by atomic mass is 79.9. The molecule has 1 aromatic rings. The number of halogens is 2. The van der Waals surface area contributed by atoms with Gasteiger partial charge in [0, 0.05) is 16.1 Å². The highest BCUT2D eigenvalue weighted by Crippen LogP contribution is 2.57. The van der Waals surface area contributed by atoms with E-state index in [-0.39, 0.29) is 41.7 Å². The van der Waals surface area contributed by atoms with Crippen LogP contribution in [0, 0.1) is 30.6 Å². The van der Waals surface area contributed by atoms with Gasteiger partial charge in [0.2, 0.25) is 5.91 Å². The van der Waals surface area contributed by atoms with Gasteiger partial charge in [-0.3, -0.25) is 9.59 Å². The third-order valence-electron chi connectivity index (χ3n) is 5.31. The Hall–Kier alpha value is -1.07. The molecule has 1 aromatic carbocycles. The predicted octanol–water partition coefficient (Wildman–Crippen LogP) is 3.55. The Kier molecular flexibility index (Phi) is 3.28. The van der Waals surface area contributed by atoms with Crippen LogP contribution in [-0.2, 0) is 14.3 Å². The second-order valence-corrected chi connectivity index (χ2v) is 7.75. The van der Waals surface area contributed by atoms with E-state index >= 15 is 0 Å². The Morgan fingerprint density at radius 1 is 1.41 bits per heavy atom. The summed E-state index contributed by atoms with van der Waals surface area (Å²) >= 11 is 9.47. The maximum absolute atomic E-state index is 12.7. The van der Waals surface area contributed by atoms with Crippen LogP contribution in [-0.4, -0.2) is 18.0 Å². The number of anilines is 1. The monoisotopic (exact) mass is 383 g/mol. The van der Waals surface area contributed by atoms with Gasteiger partial charge >= 0.3 is 5.97 Å². The summed E-state index contributed by atoms with van der Waals surface area (Å²) in [6.07, 6.45) is 1.81. The summed E-state index contributed by atoms with van der Waals surface area (Å²) in [4.78, 5) is 24.7. The van der Waals surface area contributed by atoms with Crippen molar-refractivity contribution in [3.05, 3.63) is 27.2 Å². The summed E-state index contributed by atoms with van der Waals surface area (Å²) in [7, 11) is 0. The average Bonchev–Trinajstić information content (AvgIpc) is 3.05. The van der Waals surface area contributed by atoms with E-state index < -0.39 is 0 Å². The van der Waals surface area contributed by atoms with Crippen molar-refractivity contribution >= 4 is 45.1 Å². The van der Waals surface area contributed by atoms with E-state index in [4.69, 9.17) is 16.3 Å². The summed E-state index contributed by atoms with van der Waals surface area (Å²) in [5, 5.41) is 3.51. The molecule has 2 aliphatic carbocycles. The number of fused-ring (bicyclic) bond motifs is 1. The summed E-state index contributed by atoms with van der Waals surface area (Å²) in [6, 6.07) is 3.61. The maximum Gasteiger partial charge on any atom is 0.310 e. The normalized spacial score (nSPS) is 34.9. The number of hydrogen-bond acceptors (Lipinski definition) is 3. The average molecular weight is 385 g/mol. The van der Waals surface area contributed by atoms with Gasteiger partial charge < -0.3 is 10.1 Å². The first kappa shape index (κ1) is 14.5. The van der Waals surface area contributed by atoms with Crippen molar-refractivity contribution in [1.82, 2.24) is 0 Å². The third-order valence-corrected chi connectivity index (χ3v) is 6.51. The lowest BCUT2D eigenvalue weighted by molar-refractivity contribution is -0.145. The first-order valence-electron chi connectivity index (χ1n) is 7.42. The molecule has 1 saturated heterocycles. The molecule has 22 heavy (non-hydrogen) atoms. The summed E-state index contributed by atoms with van der Waals surface area (Å²) < 4.78 is 6.18. The second-order valence-electron chi connectivity index (χ2n) is 6.49. The van der Waals surface area contributed by atoms with Crippen LogP contribution in [0.5, 0.6) is 0 Å². The van der Waals surface area contributed by atoms with Crippen LogP contribution in [0.25, 0.3) is 0 Å². The highest BCUT2D eigenvalue weighted by molar-refractivity contribution is 9.10. The molecule has 0 radical (unpaired) electrons. The molecule has 0 spiro atoms. The molecule has 1 N–H and O–H groups in total. The van der Waals surface area contributed by atoms with Gasteiger partial charge in [-0.05, 0) is 59.3 Å². The molecule has 5 atom stereocenters. The molecule has 1 aliphatic heterocycles. The van der Waals surface area contributed by atoms with Crippen molar-refractivity contribution in [3.63, 3.8) is 0 Å². The van der Waals surface area contributed by atoms with Gasteiger partial charge in [0.1, 0.15) is 6.10 Å². The third kappa shape index (κ3) is 2.02. The number of ether oxygens (including phenoxy) is 1. The minimum Gasteiger partial charge on any atom is -0.462 e. The van der Waals surface area contributed by atoms with E-state index in [2.05, 4.69) is 21.2 Å². The number of benzene rings is 1. The smallest absolute Gasteiger partial charge is 0.310 e. The van der Waals surface area contributed by atoms with Gasteiger partial charge in [-0.15, -0.1) is 0 Å². The fourth-order valence-corrected chi connectivity index (χ4v) is 4.98. The zero-order chi connectivity index (χ0) is 15.6. The molecular formula is C16H15BrClNO3. The minimum absolute atomic E-state index is 0.0513. The second kappa shape index (κ2) is 4.96. The van der Waals surface area contributed by atoms with Gasteiger partial charge in [-0.1, -0.05) is 11.6 Å². The molecule has 1 heterocycles. The zero-order valence-electron chi connectivity index (χ0n) is 11.9. The molecular weight excluding hydrogens is 370 g/mol. The lowest BCUT2D eigenvalue weighted by atomic mass is 9.79. The Morgan fingerprint density at radius 2 is 2.18 bits per heavy atom. The number of esters is 1. The minimum atomic E-state index is -0.266. The molecule has 1 amide bonds. The molecule has 2 bridgehead atoms. The quantitative estimate of drug-likeness (QED) is 0.793. The number of carbonyl (C=O) groups excluding carboxylic acids is 2. The van der Waals surface area contributed by atoms with Crippen LogP contribution in [0.2, 0.25) is 5.02 Å². The molecule has 2 saturated carbocycles. The molecule has 4 rings (SSSR count). The molecule has 116 valence electrons. The van der Waals surface area contributed by atoms with Crippen LogP contribution in [0.4, 0.5) is 5.69 Å². The number of nitrogens with one attached hydrogen (secondary N) is 1. The SMILES string of the molecule is Cc1cc(Br)c(Cl)cc1NC(=O)[C@@H]1[C@@H]2C[C@@H]3[C@@H]1C(=O)O[C@@H]3C2. The van der Waals surface area contributed by atoms with Crippen LogP contribution in [0.1, 0.15) is 18.4 Å². The van der Waals surface area contributed by atoms with E-state index in [9.17, 15) is 9.59 Å². The van der Waals surface area contributed by atoms with E-state index in [0.29, 0.717) is 10.7 Å². The lowest BCUT2D eigenvalue weighted by Gasteiger charge is -2.24. The summed E-state index contributed by atoms with van der Waals surface area (Å²) in [5.41, 5.74) is 1.63. The Balaban J connectivity index is 1.59. The molecule has 4 nitrogen and oxygen atoms in total. The van der Waals surface area contributed by atoms with E-state index in [1.165, 1.54) is 0 Å². The fraction of sp³-hybridized carbons (Fsp3) is 0.500. The summed E-state index contributed by atoms with van der Waals surface area (Å²) in [5.74, 6) is -0.300. The molecule has 0 aromatic heterocycles.